The largest absolute Gasteiger partial charge is 0.468 e. The van der Waals surface area contributed by atoms with E-state index in [0.29, 0.717) is 6.54 Å². The highest BCUT2D eigenvalue weighted by atomic mass is 16.5. The second-order valence-electron chi connectivity index (χ2n) is 7.17. The third kappa shape index (κ3) is 6.36. The van der Waals surface area contributed by atoms with E-state index in [9.17, 15) is 0 Å². The van der Waals surface area contributed by atoms with Gasteiger partial charge in [0.15, 0.2) is 5.96 Å². The van der Waals surface area contributed by atoms with Crippen LogP contribution in [0.4, 0.5) is 0 Å². The molecule has 2 rings (SSSR count). The number of furan rings is 1. The van der Waals surface area contributed by atoms with Gasteiger partial charge >= 0.3 is 0 Å². The van der Waals surface area contributed by atoms with E-state index in [-0.39, 0.29) is 11.6 Å². The summed E-state index contributed by atoms with van der Waals surface area (Å²) in [6, 6.07) is 4.26. The minimum atomic E-state index is -0.268. The lowest BCUT2D eigenvalue weighted by Crippen LogP contribution is -2.45. The second-order valence-corrected chi connectivity index (χ2v) is 7.17. The van der Waals surface area contributed by atoms with Gasteiger partial charge in [0.25, 0.3) is 0 Å². The zero-order chi connectivity index (χ0) is 18.1. The summed E-state index contributed by atoms with van der Waals surface area (Å²) < 4.78 is 11.2. The summed E-state index contributed by atoms with van der Waals surface area (Å²) in [6.45, 7) is 10.6. The number of hydrogen-bond acceptors (Lipinski definition) is 4. The summed E-state index contributed by atoms with van der Waals surface area (Å²) in [6.07, 6.45) is 5.60. The van der Waals surface area contributed by atoms with Crippen molar-refractivity contribution in [3.8, 4) is 0 Å². The minimum Gasteiger partial charge on any atom is -0.468 e. The van der Waals surface area contributed by atoms with Crippen LogP contribution in [0.15, 0.2) is 27.8 Å². The Hall–Kier alpha value is -1.53. The SMILES string of the molecule is CCNC(=NCC(C)(C)OC)NCC(c1ccco1)N1CCCCC1. The molecule has 2 N–H and O–H groups in total. The number of likely N-dealkylation sites (tertiary alicyclic amines) is 1. The van der Waals surface area contributed by atoms with Gasteiger partial charge in [-0.25, -0.2) is 0 Å². The number of nitrogens with one attached hydrogen (secondary N) is 2. The van der Waals surface area contributed by atoms with E-state index < -0.39 is 0 Å². The Morgan fingerprint density at radius 3 is 2.68 bits per heavy atom. The molecule has 1 atom stereocenters. The smallest absolute Gasteiger partial charge is 0.191 e. The van der Waals surface area contributed by atoms with Gasteiger partial charge in [-0.15, -0.1) is 0 Å². The number of piperidine rings is 1. The topological polar surface area (TPSA) is 62.0 Å². The molecule has 1 fully saturated rings. The van der Waals surface area contributed by atoms with Gasteiger partial charge < -0.3 is 19.8 Å². The quantitative estimate of drug-likeness (QED) is 0.558. The van der Waals surface area contributed by atoms with Crippen LogP contribution in [0.1, 0.15) is 51.8 Å². The maximum absolute atomic E-state index is 5.71. The Bertz CT molecular complexity index is 508. The molecule has 1 unspecified atom stereocenters. The molecular formula is C19H34N4O2. The summed E-state index contributed by atoms with van der Waals surface area (Å²) in [7, 11) is 1.72. The van der Waals surface area contributed by atoms with Crippen LogP contribution in [-0.4, -0.2) is 56.3 Å². The number of rotatable bonds is 8. The highest BCUT2D eigenvalue weighted by molar-refractivity contribution is 5.79. The van der Waals surface area contributed by atoms with E-state index in [1.165, 1.54) is 19.3 Å². The van der Waals surface area contributed by atoms with Crippen LogP contribution in [0.5, 0.6) is 0 Å². The lowest BCUT2D eigenvalue weighted by Gasteiger charge is -2.33. The highest BCUT2D eigenvalue weighted by Gasteiger charge is 2.24. The standard InChI is InChI=1S/C19H34N4O2/c1-5-20-18(22-15-19(2,3)24-4)21-14-16(17-10-9-13-25-17)23-11-7-6-8-12-23/h9-10,13,16H,5-8,11-12,14-15H2,1-4H3,(H2,20,21,22). The number of nitrogens with zero attached hydrogens (tertiary/aromatic N) is 2. The summed E-state index contributed by atoms with van der Waals surface area (Å²) in [4.78, 5) is 7.19. The zero-order valence-corrected chi connectivity index (χ0v) is 16.2. The normalized spacial score (nSPS) is 18.2. The van der Waals surface area contributed by atoms with Crippen LogP contribution in [0.3, 0.4) is 0 Å². The maximum atomic E-state index is 5.71. The van der Waals surface area contributed by atoms with Crippen molar-refractivity contribution in [1.29, 1.82) is 0 Å². The summed E-state index contributed by atoms with van der Waals surface area (Å²) in [5, 5.41) is 6.80. The number of ether oxygens (including phenoxy) is 1. The Balaban J connectivity index is 2.02. The molecule has 0 aliphatic carbocycles. The second kappa shape index (κ2) is 9.82. The summed E-state index contributed by atoms with van der Waals surface area (Å²) in [5.74, 6) is 1.84. The Morgan fingerprint density at radius 1 is 1.32 bits per heavy atom. The molecule has 1 aromatic rings. The lowest BCUT2D eigenvalue weighted by atomic mass is 10.1. The molecule has 1 aliphatic heterocycles. The molecule has 1 aromatic heterocycles. The monoisotopic (exact) mass is 350 g/mol. The van der Waals surface area contributed by atoms with Gasteiger partial charge in [0.05, 0.1) is 24.5 Å². The number of aliphatic imine (C=N–C) groups is 1. The molecule has 0 saturated carbocycles. The van der Waals surface area contributed by atoms with Gasteiger partial charge in [0.2, 0.25) is 0 Å². The average molecular weight is 351 g/mol. The maximum Gasteiger partial charge on any atom is 0.191 e. The van der Waals surface area contributed by atoms with Gasteiger partial charge in [0, 0.05) is 20.2 Å². The third-order valence-electron chi connectivity index (χ3n) is 4.68. The van der Waals surface area contributed by atoms with E-state index in [4.69, 9.17) is 9.15 Å². The molecule has 0 radical (unpaired) electrons. The Morgan fingerprint density at radius 2 is 2.08 bits per heavy atom. The fraction of sp³-hybridized carbons (Fsp3) is 0.737. The van der Waals surface area contributed by atoms with E-state index in [1.54, 1.807) is 13.4 Å². The van der Waals surface area contributed by atoms with Gasteiger partial charge in [-0.2, -0.15) is 0 Å². The van der Waals surface area contributed by atoms with E-state index in [1.807, 2.05) is 19.9 Å². The van der Waals surface area contributed by atoms with Crippen LogP contribution in [0.25, 0.3) is 0 Å². The fourth-order valence-electron chi connectivity index (χ4n) is 2.99. The predicted octanol–water partition coefficient (Wildman–Crippen LogP) is 2.79. The van der Waals surface area contributed by atoms with Crippen LogP contribution in [0.2, 0.25) is 0 Å². The first-order valence-electron chi connectivity index (χ1n) is 9.40. The summed E-state index contributed by atoms with van der Waals surface area (Å²) >= 11 is 0. The molecule has 6 heteroatoms. The first-order chi connectivity index (χ1) is 12.1. The van der Waals surface area contributed by atoms with Crippen molar-refractivity contribution in [3.63, 3.8) is 0 Å². The molecule has 2 heterocycles. The van der Waals surface area contributed by atoms with Crippen LogP contribution < -0.4 is 10.6 Å². The van der Waals surface area contributed by atoms with Crippen molar-refractivity contribution in [1.82, 2.24) is 15.5 Å². The van der Waals surface area contributed by atoms with Crippen LogP contribution >= 0.6 is 0 Å². The molecule has 0 amide bonds. The average Bonchev–Trinajstić information content (AvgIpc) is 3.15. The van der Waals surface area contributed by atoms with Gasteiger partial charge in [-0.1, -0.05) is 6.42 Å². The van der Waals surface area contributed by atoms with E-state index in [2.05, 4.69) is 33.5 Å². The minimum absolute atomic E-state index is 0.231. The highest BCUT2D eigenvalue weighted by Crippen LogP contribution is 2.24. The molecule has 25 heavy (non-hydrogen) atoms. The molecule has 1 saturated heterocycles. The van der Waals surface area contributed by atoms with E-state index in [0.717, 1.165) is 37.9 Å². The van der Waals surface area contributed by atoms with E-state index >= 15 is 0 Å². The molecule has 0 spiro atoms. The van der Waals surface area contributed by atoms with Gasteiger partial charge in [-0.3, -0.25) is 9.89 Å². The van der Waals surface area contributed by atoms with Crippen molar-refractivity contribution in [2.45, 2.75) is 51.7 Å². The molecule has 0 bridgehead atoms. The Kier molecular flexibility index (Phi) is 7.78. The van der Waals surface area contributed by atoms with Crippen molar-refractivity contribution in [2.75, 3.05) is 39.8 Å². The zero-order valence-electron chi connectivity index (χ0n) is 16.2. The number of methoxy groups -OCH3 is 1. The molecule has 142 valence electrons. The molecule has 0 aromatic carbocycles. The van der Waals surface area contributed by atoms with Crippen LogP contribution in [-0.2, 0) is 4.74 Å². The number of guanidine groups is 1. The summed E-state index contributed by atoms with van der Waals surface area (Å²) in [5.41, 5.74) is -0.268. The van der Waals surface area contributed by atoms with Gasteiger partial charge in [-0.05, 0) is 58.8 Å². The van der Waals surface area contributed by atoms with Crippen molar-refractivity contribution < 1.29 is 9.15 Å². The van der Waals surface area contributed by atoms with Crippen molar-refractivity contribution >= 4 is 5.96 Å². The first-order valence-corrected chi connectivity index (χ1v) is 9.40. The lowest BCUT2D eigenvalue weighted by molar-refractivity contribution is 0.0310. The fourth-order valence-corrected chi connectivity index (χ4v) is 2.99. The van der Waals surface area contributed by atoms with Crippen LogP contribution in [0, 0.1) is 0 Å². The first kappa shape index (κ1) is 19.8. The third-order valence-corrected chi connectivity index (χ3v) is 4.68. The molecular weight excluding hydrogens is 316 g/mol. The molecule has 1 aliphatic rings. The molecule has 6 nitrogen and oxygen atoms in total. The Labute approximate surface area is 152 Å². The van der Waals surface area contributed by atoms with Crippen molar-refractivity contribution in [2.24, 2.45) is 4.99 Å². The van der Waals surface area contributed by atoms with Crippen molar-refractivity contribution in [3.05, 3.63) is 24.2 Å². The van der Waals surface area contributed by atoms with Gasteiger partial charge in [0.1, 0.15) is 5.76 Å². The predicted molar refractivity (Wildman–Crippen MR) is 102 cm³/mol. The number of hydrogen-bond donors (Lipinski definition) is 2.